The van der Waals surface area contributed by atoms with Crippen LogP contribution >= 0.6 is 11.3 Å². The molecule has 0 bridgehead atoms. The second kappa shape index (κ2) is 7.07. The molecule has 116 valence electrons. The number of hydrogen-bond acceptors (Lipinski definition) is 2. The van der Waals surface area contributed by atoms with E-state index in [-0.39, 0.29) is 11.9 Å². The number of carbonyl (C=O) groups is 1. The first-order valence-corrected chi connectivity index (χ1v) is 8.83. The molecule has 22 heavy (non-hydrogen) atoms. The van der Waals surface area contributed by atoms with Gasteiger partial charge in [-0.15, -0.1) is 11.3 Å². The van der Waals surface area contributed by atoms with Crippen molar-refractivity contribution in [3.8, 4) is 0 Å². The fourth-order valence-electron chi connectivity index (χ4n) is 2.80. The van der Waals surface area contributed by atoms with E-state index < -0.39 is 0 Å². The van der Waals surface area contributed by atoms with Crippen molar-refractivity contribution in [1.82, 2.24) is 5.32 Å². The summed E-state index contributed by atoms with van der Waals surface area (Å²) >= 11 is 1.74. The maximum atomic E-state index is 12.2. The molecule has 0 aliphatic heterocycles. The standard InChI is InChI=1S/C18H22N2OS/c1-13(14-9-10-14)20-17(21)12-19-18(16-8-5-11-22-16)15-6-3-2-4-7-15/h2-8,11,13-14,18-19H,9-10,12H2,1H3,(H,20,21)/p+1/t13-,18-/m0/s1. The fourth-order valence-corrected chi connectivity index (χ4v) is 3.65. The summed E-state index contributed by atoms with van der Waals surface area (Å²) in [6.07, 6.45) is 2.51. The van der Waals surface area contributed by atoms with Crippen LogP contribution in [0.5, 0.6) is 0 Å². The molecule has 1 aliphatic rings. The molecule has 3 N–H and O–H groups in total. The Morgan fingerprint density at radius 3 is 2.68 bits per heavy atom. The van der Waals surface area contributed by atoms with Crippen molar-refractivity contribution in [3.05, 3.63) is 58.3 Å². The van der Waals surface area contributed by atoms with Gasteiger partial charge in [-0.05, 0) is 37.1 Å². The van der Waals surface area contributed by atoms with Crippen LogP contribution < -0.4 is 10.6 Å². The molecule has 1 amide bonds. The van der Waals surface area contributed by atoms with Crippen molar-refractivity contribution >= 4 is 17.2 Å². The monoisotopic (exact) mass is 315 g/mol. The lowest BCUT2D eigenvalue weighted by Crippen LogP contribution is -2.87. The van der Waals surface area contributed by atoms with Crippen molar-refractivity contribution in [2.45, 2.75) is 31.8 Å². The van der Waals surface area contributed by atoms with Gasteiger partial charge in [0.15, 0.2) is 6.54 Å². The smallest absolute Gasteiger partial charge is 0.275 e. The molecule has 0 spiro atoms. The summed E-state index contributed by atoms with van der Waals surface area (Å²) in [7, 11) is 0. The Labute approximate surface area is 135 Å². The van der Waals surface area contributed by atoms with Gasteiger partial charge in [0.2, 0.25) is 0 Å². The Morgan fingerprint density at radius 2 is 2.05 bits per heavy atom. The van der Waals surface area contributed by atoms with E-state index in [1.807, 2.05) is 6.07 Å². The van der Waals surface area contributed by atoms with Gasteiger partial charge in [-0.3, -0.25) is 4.79 Å². The molecular formula is C18H23N2OS+. The van der Waals surface area contributed by atoms with Gasteiger partial charge in [-0.1, -0.05) is 36.4 Å². The lowest BCUT2D eigenvalue weighted by molar-refractivity contribution is -0.676. The quantitative estimate of drug-likeness (QED) is 0.809. The van der Waals surface area contributed by atoms with E-state index >= 15 is 0 Å². The molecule has 0 unspecified atom stereocenters. The van der Waals surface area contributed by atoms with E-state index in [1.165, 1.54) is 23.3 Å². The van der Waals surface area contributed by atoms with E-state index in [9.17, 15) is 4.79 Å². The van der Waals surface area contributed by atoms with Gasteiger partial charge < -0.3 is 10.6 Å². The van der Waals surface area contributed by atoms with Gasteiger partial charge in [0, 0.05) is 11.6 Å². The zero-order valence-electron chi connectivity index (χ0n) is 12.9. The highest BCUT2D eigenvalue weighted by molar-refractivity contribution is 7.10. The average molecular weight is 315 g/mol. The predicted octanol–water partition coefficient (Wildman–Crippen LogP) is 2.32. The molecule has 2 aromatic rings. The Kier molecular flexibility index (Phi) is 4.90. The summed E-state index contributed by atoms with van der Waals surface area (Å²) in [5, 5.41) is 7.35. The zero-order chi connectivity index (χ0) is 15.4. The molecular weight excluding hydrogens is 292 g/mol. The molecule has 0 radical (unpaired) electrons. The maximum absolute atomic E-state index is 12.2. The summed E-state index contributed by atoms with van der Waals surface area (Å²) in [6.45, 7) is 2.58. The number of nitrogens with two attached hydrogens (primary N) is 1. The number of carbonyl (C=O) groups excluding carboxylic acids is 1. The molecule has 3 nitrogen and oxygen atoms in total. The summed E-state index contributed by atoms with van der Waals surface area (Å²) in [5.74, 6) is 0.836. The number of benzene rings is 1. The first kappa shape index (κ1) is 15.3. The third kappa shape index (κ3) is 3.96. The average Bonchev–Trinajstić information content (AvgIpc) is 3.25. The van der Waals surface area contributed by atoms with Gasteiger partial charge in [-0.2, -0.15) is 0 Å². The summed E-state index contributed by atoms with van der Waals surface area (Å²) in [4.78, 5) is 13.4. The van der Waals surface area contributed by atoms with Crippen LogP contribution in [0.3, 0.4) is 0 Å². The summed E-state index contributed by atoms with van der Waals surface area (Å²) in [6, 6.07) is 15.1. The summed E-state index contributed by atoms with van der Waals surface area (Å²) < 4.78 is 0. The van der Waals surface area contributed by atoms with Crippen LogP contribution in [-0.2, 0) is 4.79 Å². The van der Waals surface area contributed by atoms with Gasteiger partial charge in [0.1, 0.15) is 6.04 Å². The number of amides is 1. The Balaban J connectivity index is 1.62. The minimum absolute atomic E-state index is 0.136. The zero-order valence-corrected chi connectivity index (χ0v) is 13.7. The minimum atomic E-state index is 0.136. The number of rotatable bonds is 7. The van der Waals surface area contributed by atoms with E-state index in [4.69, 9.17) is 0 Å². The molecule has 1 aliphatic carbocycles. The molecule has 0 saturated heterocycles. The van der Waals surface area contributed by atoms with Crippen LogP contribution in [0, 0.1) is 5.92 Å². The summed E-state index contributed by atoms with van der Waals surface area (Å²) in [5.41, 5.74) is 1.24. The molecule has 1 fully saturated rings. The van der Waals surface area contributed by atoms with Crippen LogP contribution in [0.4, 0.5) is 0 Å². The van der Waals surface area contributed by atoms with E-state index in [2.05, 4.69) is 59.3 Å². The second-order valence-corrected chi connectivity index (χ2v) is 7.02. The van der Waals surface area contributed by atoms with Crippen molar-refractivity contribution in [1.29, 1.82) is 0 Å². The van der Waals surface area contributed by atoms with Crippen LogP contribution in [0.1, 0.15) is 36.2 Å². The van der Waals surface area contributed by atoms with Crippen LogP contribution in [-0.4, -0.2) is 18.5 Å². The van der Waals surface area contributed by atoms with Crippen LogP contribution in [0.25, 0.3) is 0 Å². The number of thiophene rings is 1. The first-order valence-electron chi connectivity index (χ1n) is 7.95. The molecule has 3 rings (SSSR count). The lowest BCUT2D eigenvalue weighted by atomic mass is 10.1. The third-order valence-electron chi connectivity index (χ3n) is 4.27. The van der Waals surface area contributed by atoms with Gasteiger partial charge >= 0.3 is 0 Å². The number of nitrogens with one attached hydrogen (secondary N) is 1. The van der Waals surface area contributed by atoms with Crippen molar-refractivity contribution in [2.24, 2.45) is 5.92 Å². The number of hydrogen-bond donors (Lipinski definition) is 2. The van der Waals surface area contributed by atoms with Crippen molar-refractivity contribution in [3.63, 3.8) is 0 Å². The predicted molar refractivity (Wildman–Crippen MR) is 89.7 cm³/mol. The highest BCUT2D eigenvalue weighted by Gasteiger charge is 2.29. The van der Waals surface area contributed by atoms with Crippen LogP contribution in [0.15, 0.2) is 47.8 Å². The SMILES string of the molecule is C[C@H](NC(=O)C[NH2+][C@@H](c1ccccc1)c1cccs1)C1CC1. The molecule has 1 aromatic carbocycles. The molecule has 2 atom stereocenters. The minimum Gasteiger partial charge on any atom is -0.348 e. The fraction of sp³-hybridized carbons (Fsp3) is 0.389. The molecule has 1 heterocycles. The Hall–Kier alpha value is -1.65. The molecule has 1 saturated carbocycles. The van der Waals surface area contributed by atoms with E-state index in [0.29, 0.717) is 18.5 Å². The van der Waals surface area contributed by atoms with Crippen molar-refractivity contribution < 1.29 is 10.1 Å². The molecule has 1 aromatic heterocycles. The third-order valence-corrected chi connectivity index (χ3v) is 5.22. The maximum Gasteiger partial charge on any atom is 0.275 e. The topological polar surface area (TPSA) is 45.7 Å². The highest BCUT2D eigenvalue weighted by Crippen LogP contribution is 2.32. The van der Waals surface area contributed by atoms with E-state index in [0.717, 1.165) is 0 Å². The lowest BCUT2D eigenvalue weighted by Gasteiger charge is -2.16. The van der Waals surface area contributed by atoms with Crippen molar-refractivity contribution in [2.75, 3.05) is 6.54 Å². The molecule has 4 heteroatoms. The van der Waals surface area contributed by atoms with E-state index in [1.54, 1.807) is 11.3 Å². The Morgan fingerprint density at radius 1 is 1.27 bits per heavy atom. The van der Waals surface area contributed by atoms with Crippen LogP contribution in [0.2, 0.25) is 0 Å². The first-order chi connectivity index (χ1) is 10.7. The second-order valence-electron chi connectivity index (χ2n) is 6.04. The Bertz CT molecular complexity index is 593. The normalized spacial score (nSPS) is 17.0. The number of quaternary nitrogens is 1. The van der Waals surface area contributed by atoms with Gasteiger partial charge in [-0.25, -0.2) is 0 Å². The van der Waals surface area contributed by atoms with Gasteiger partial charge in [0.25, 0.3) is 5.91 Å². The highest BCUT2D eigenvalue weighted by atomic mass is 32.1. The largest absolute Gasteiger partial charge is 0.348 e. The van der Waals surface area contributed by atoms with Gasteiger partial charge in [0.05, 0.1) is 4.88 Å².